The monoisotopic (exact) mass is 459 g/mol. The van der Waals surface area contributed by atoms with Gasteiger partial charge in [-0.2, -0.15) is 0 Å². The first-order valence-corrected chi connectivity index (χ1v) is 10.5. The number of nitrogens with one attached hydrogen (secondary N) is 2. The highest BCUT2D eigenvalue weighted by molar-refractivity contribution is 5.94. The Hall–Kier alpha value is -2.77. The number of carboxylic acids is 2. The number of nitrogens with two attached hydrogens (primary N) is 2. The molecule has 1 saturated heterocycles. The molecule has 0 saturated carbocycles. The molecule has 9 N–H and O–H groups in total. The van der Waals surface area contributed by atoms with Gasteiger partial charge >= 0.3 is 11.9 Å². The first-order valence-electron chi connectivity index (χ1n) is 10.5. The van der Waals surface area contributed by atoms with E-state index in [0.29, 0.717) is 32.2 Å². The fourth-order valence-corrected chi connectivity index (χ4v) is 3.39. The van der Waals surface area contributed by atoms with Gasteiger partial charge in [-0.05, 0) is 45.1 Å². The standard InChI is InChI=1S/C19H33N5O8/c20-8-2-1-4-12(18(30)24-9-3-5-14(24)19(31)32)22-17(29)13(10-25)23-16(28)11(21)6-7-15(26)27/h11-14,25H,1-10,20-21H2,(H,22,29)(H,23,28)(H,26,27)(H,31,32)/t11-,12-,13-,14-/m0/s1. The van der Waals surface area contributed by atoms with Crippen LogP contribution in [0.2, 0.25) is 0 Å². The van der Waals surface area contributed by atoms with Crippen LogP contribution in [-0.2, 0) is 24.0 Å². The molecule has 13 nitrogen and oxygen atoms in total. The van der Waals surface area contributed by atoms with Crippen LogP contribution in [0.15, 0.2) is 0 Å². The minimum Gasteiger partial charge on any atom is -0.481 e. The third kappa shape index (κ3) is 8.40. The van der Waals surface area contributed by atoms with E-state index < -0.39 is 60.4 Å². The van der Waals surface area contributed by atoms with Gasteiger partial charge in [-0.1, -0.05) is 0 Å². The summed E-state index contributed by atoms with van der Waals surface area (Å²) in [6.07, 6.45) is 1.61. The number of nitrogens with zero attached hydrogens (tertiary/aromatic N) is 1. The third-order valence-corrected chi connectivity index (χ3v) is 5.20. The highest BCUT2D eigenvalue weighted by atomic mass is 16.4. The Labute approximate surface area is 185 Å². The van der Waals surface area contributed by atoms with Crippen molar-refractivity contribution in [3.05, 3.63) is 0 Å². The van der Waals surface area contributed by atoms with Gasteiger partial charge in [0.1, 0.15) is 18.1 Å². The summed E-state index contributed by atoms with van der Waals surface area (Å²) in [6, 6.07) is -4.65. The Bertz CT molecular complexity index is 689. The predicted molar refractivity (Wildman–Crippen MR) is 111 cm³/mol. The molecule has 32 heavy (non-hydrogen) atoms. The molecule has 182 valence electrons. The molecule has 0 spiro atoms. The van der Waals surface area contributed by atoms with Gasteiger partial charge in [0.15, 0.2) is 0 Å². The van der Waals surface area contributed by atoms with Crippen molar-refractivity contribution in [2.75, 3.05) is 19.7 Å². The maximum absolute atomic E-state index is 13.0. The quantitative estimate of drug-likeness (QED) is 0.133. The molecule has 0 bridgehead atoms. The van der Waals surface area contributed by atoms with Gasteiger partial charge in [-0.15, -0.1) is 0 Å². The lowest BCUT2D eigenvalue weighted by molar-refractivity contribution is -0.149. The Morgan fingerprint density at radius 3 is 2.22 bits per heavy atom. The normalized spacial score (nSPS) is 18.5. The number of carbonyl (C=O) groups excluding carboxylic acids is 3. The van der Waals surface area contributed by atoms with Crippen LogP contribution in [0.25, 0.3) is 0 Å². The second-order valence-electron chi connectivity index (χ2n) is 7.66. The van der Waals surface area contributed by atoms with Gasteiger partial charge in [-0.3, -0.25) is 19.2 Å². The van der Waals surface area contributed by atoms with E-state index in [4.69, 9.17) is 16.6 Å². The van der Waals surface area contributed by atoms with Crippen molar-refractivity contribution in [2.24, 2.45) is 11.5 Å². The van der Waals surface area contributed by atoms with E-state index in [1.54, 1.807) is 0 Å². The van der Waals surface area contributed by atoms with Crippen molar-refractivity contribution in [1.82, 2.24) is 15.5 Å². The molecular weight excluding hydrogens is 426 g/mol. The van der Waals surface area contributed by atoms with E-state index >= 15 is 0 Å². The Morgan fingerprint density at radius 2 is 1.66 bits per heavy atom. The van der Waals surface area contributed by atoms with Crippen molar-refractivity contribution < 1.29 is 39.3 Å². The molecule has 1 aliphatic heterocycles. The fourth-order valence-electron chi connectivity index (χ4n) is 3.39. The minimum absolute atomic E-state index is 0.160. The SMILES string of the molecule is NCCCC[C@H](NC(=O)[C@H](CO)NC(=O)[C@@H](N)CCC(=O)O)C(=O)N1CCC[C@H]1C(=O)O. The smallest absolute Gasteiger partial charge is 0.326 e. The predicted octanol–water partition coefficient (Wildman–Crippen LogP) is -2.65. The molecule has 0 aliphatic carbocycles. The van der Waals surface area contributed by atoms with Crippen LogP contribution in [0.3, 0.4) is 0 Å². The number of hydrogen-bond donors (Lipinski definition) is 7. The average molecular weight is 460 g/mol. The first kappa shape index (κ1) is 27.3. The molecule has 0 radical (unpaired) electrons. The Balaban J connectivity index is 2.84. The van der Waals surface area contributed by atoms with E-state index in [0.717, 1.165) is 0 Å². The molecule has 0 unspecified atom stereocenters. The van der Waals surface area contributed by atoms with Crippen LogP contribution in [0, 0.1) is 0 Å². The summed E-state index contributed by atoms with van der Waals surface area (Å²) < 4.78 is 0. The molecule has 1 heterocycles. The number of carbonyl (C=O) groups is 5. The van der Waals surface area contributed by atoms with Crippen LogP contribution in [-0.4, -0.2) is 93.7 Å². The molecule has 1 fully saturated rings. The molecule has 4 atom stereocenters. The maximum atomic E-state index is 13.0. The molecule has 1 aliphatic rings. The van der Waals surface area contributed by atoms with Crippen LogP contribution in [0.4, 0.5) is 0 Å². The molecule has 0 aromatic heterocycles. The lowest BCUT2D eigenvalue weighted by atomic mass is 10.1. The number of hydrogen-bond acceptors (Lipinski definition) is 8. The van der Waals surface area contributed by atoms with Gasteiger partial charge in [0.25, 0.3) is 0 Å². The van der Waals surface area contributed by atoms with Crippen molar-refractivity contribution in [1.29, 1.82) is 0 Å². The first-order chi connectivity index (χ1) is 15.1. The van der Waals surface area contributed by atoms with Crippen LogP contribution in [0.1, 0.15) is 44.9 Å². The number of aliphatic carboxylic acids is 2. The number of aliphatic hydroxyl groups is 1. The number of likely N-dealkylation sites (tertiary alicyclic amines) is 1. The zero-order chi connectivity index (χ0) is 24.3. The second-order valence-corrected chi connectivity index (χ2v) is 7.66. The highest BCUT2D eigenvalue weighted by Gasteiger charge is 2.38. The van der Waals surface area contributed by atoms with Crippen LogP contribution >= 0.6 is 0 Å². The molecule has 0 aromatic rings. The molecular formula is C19H33N5O8. The summed E-state index contributed by atoms with van der Waals surface area (Å²) in [4.78, 5) is 61.0. The summed E-state index contributed by atoms with van der Waals surface area (Å²) >= 11 is 0. The van der Waals surface area contributed by atoms with Crippen LogP contribution < -0.4 is 22.1 Å². The topological polar surface area (TPSA) is 225 Å². The van der Waals surface area contributed by atoms with E-state index in [-0.39, 0.29) is 25.8 Å². The van der Waals surface area contributed by atoms with Crippen molar-refractivity contribution in [2.45, 2.75) is 69.1 Å². The van der Waals surface area contributed by atoms with Gasteiger partial charge < -0.3 is 42.3 Å². The van der Waals surface area contributed by atoms with Crippen molar-refractivity contribution >= 4 is 29.7 Å². The minimum atomic E-state index is -1.42. The van der Waals surface area contributed by atoms with Gasteiger partial charge in [0.05, 0.1) is 12.6 Å². The number of aliphatic hydroxyl groups excluding tert-OH is 1. The summed E-state index contributed by atoms with van der Waals surface area (Å²) in [5, 5.41) is 32.3. The van der Waals surface area contributed by atoms with Crippen LogP contribution in [0.5, 0.6) is 0 Å². The molecule has 1 rings (SSSR count). The van der Waals surface area contributed by atoms with E-state index in [2.05, 4.69) is 10.6 Å². The van der Waals surface area contributed by atoms with Crippen molar-refractivity contribution in [3.63, 3.8) is 0 Å². The van der Waals surface area contributed by atoms with E-state index in [1.165, 1.54) is 4.90 Å². The molecule has 13 heteroatoms. The zero-order valence-electron chi connectivity index (χ0n) is 17.9. The highest BCUT2D eigenvalue weighted by Crippen LogP contribution is 2.20. The van der Waals surface area contributed by atoms with Gasteiger partial charge in [0, 0.05) is 13.0 Å². The third-order valence-electron chi connectivity index (χ3n) is 5.20. The summed E-state index contributed by atoms with van der Waals surface area (Å²) in [6.45, 7) is -0.161. The number of unbranched alkanes of at least 4 members (excludes halogenated alkanes) is 1. The Kier molecular flexibility index (Phi) is 11.6. The molecule has 0 aromatic carbocycles. The maximum Gasteiger partial charge on any atom is 0.326 e. The zero-order valence-corrected chi connectivity index (χ0v) is 17.9. The molecule has 3 amide bonds. The van der Waals surface area contributed by atoms with E-state index in [9.17, 15) is 34.2 Å². The average Bonchev–Trinajstić information content (AvgIpc) is 3.24. The second kappa shape index (κ2) is 13.6. The summed E-state index contributed by atoms with van der Waals surface area (Å²) in [5.41, 5.74) is 11.1. The summed E-state index contributed by atoms with van der Waals surface area (Å²) in [7, 11) is 0. The summed E-state index contributed by atoms with van der Waals surface area (Å²) in [5.74, 6) is -4.48. The van der Waals surface area contributed by atoms with Gasteiger partial charge in [-0.25, -0.2) is 4.79 Å². The number of rotatable bonds is 14. The Morgan fingerprint density at radius 1 is 1.00 bits per heavy atom. The van der Waals surface area contributed by atoms with E-state index in [1.807, 2.05) is 0 Å². The lowest BCUT2D eigenvalue weighted by Gasteiger charge is -2.28. The van der Waals surface area contributed by atoms with Crippen molar-refractivity contribution in [3.8, 4) is 0 Å². The fraction of sp³-hybridized carbons (Fsp3) is 0.737. The van der Waals surface area contributed by atoms with Gasteiger partial charge in [0.2, 0.25) is 17.7 Å². The number of amides is 3. The number of carboxylic acid groups (broad SMARTS) is 2. The largest absolute Gasteiger partial charge is 0.481 e. The lowest BCUT2D eigenvalue weighted by Crippen LogP contribution is -2.58.